The first-order valence-corrected chi connectivity index (χ1v) is 8.02. The van der Waals surface area contributed by atoms with Gasteiger partial charge in [-0.2, -0.15) is 0 Å². The highest BCUT2D eigenvalue weighted by atomic mass is 35.5. The smallest absolute Gasteiger partial charge is 0.257 e. The molecule has 0 spiro atoms. The van der Waals surface area contributed by atoms with Crippen LogP contribution in [0.5, 0.6) is 0 Å². The molecule has 0 aliphatic heterocycles. The standard InChI is InChI=1S/C19H17ClN2O2/c1-12(14-8-4-3-5-9-14)21-19(23)17-13(2)22-24-18(17)15-10-6-7-11-16(15)20/h3-12H,1-2H3,(H,21,23). The van der Waals surface area contributed by atoms with Gasteiger partial charge in [0.05, 0.1) is 16.8 Å². The Labute approximate surface area is 145 Å². The third-order valence-corrected chi connectivity index (χ3v) is 4.19. The maximum atomic E-state index is 12.8. The molecule has 0 saturated carbocycles. The van der Waals surface area contributed by atoms with E-state index in [9.17, 15) is 4.79 Å². The fourth-order valence-electron chi connectivity index (χ4n) is 2.56. The number of aryl methyl sites for hydroxylation is 1. The summed E-state index contributed by atoms with van der Waals surface area (Å²) >= 11 is 6.23. The van der Waals surface area contributed by atoms with Gasteiger partial charge in [0, 0.05) is 5.56 Å². The van der Waals surface area contributed by atoms with Crippen molar-refractivity contribution in [1.82, 2.24) is 10.5 Å². The molecule has 3 rings (SSSR count). The van der Waals surface area contributed by atoms with E-state index >= 15 is 0 Å². The first-order valence-electron chi connectivity index (χ1n) is 7.65. The van der Waals surface area contributed by atoms with Crippen molar-refractivity contribution in [3.8, 4) is 11.3 Å². The van der Waals surface area contributed by atoms with Crippen LogP contribution in [0.15, 0.2) is 59.1 Å². The van der Waals surface area contributed by atoms with Gasteiger partial charge in [0.15, 0.2) is 5.76 Å². The molecule has 0 aliphatic carbocycles. The lowest BCUT2D eigenvalue weighted by atomic mass is 10.0. The van der Waals surface area contributed by atoms with E-state index < -0.39 is 0 Å². The van der Waals surface area contributed by atoms with Crippen molar-refractivity contribution in [2.75, 3.05) is 0 Å². The third kappa shape index (κ3) is 3.19. The molecule has 1 amide bonds. The van der Waals surface area contributed by atoms with Crippen LogP contribution >= 0.6 is 11.6 Å². The second-order valence-corrected chi connectivity index (χ2v) is 5.96. The fraction of sp³-hybridized carbons (Fsp3) is 0.158. The summed E-state index contributed by atoms with van der Waals surface area (Å²) in [6.07, 6.45) is 0. The van der Waals surface area contributed by atoms with Gasteiger partial charge in [-0.15, -0.1) is 0 Å². The van der Waals surface area contributed by atoms with Crippen molar-refractivity contribution < 1.29 is 9.32 Å². The normalized spacial score (nSPS) is 12.0. The third-order valence-electron chi connectivity index (χ3n) is 3.86. The lowest BCUT2D eigenvalue weighted by molar-refractivity contribution is 0.0939. The zero-order chi connectivity index (χ0) is 17.1. The average Bonchev–Trinajstić information content (AvgIpc) is 2.97. The summed E-state index contributed by atoms with van der Waals surface area (Å²) in [4.78, 5) is 12.8. The minimum Gasteiger partial charge on any atom is -0.355 e. The Morgan fingerprint density at radius 1 is 1.12 bits per heavy atom. The number of benzene rings is 2. The molecule has 1 heterocycles. The molecule has 0 bridgehead atoms. The maximum Gasteiger partial charge on any atom is 0.257 e. The first kappa shape index (κ1) is 16.3. The molecule has 0 aliphatic rings. The molecular weight excluding hydrogens is 324 g/mol. The van der Waals surface area contributed by atoms with Gasteiger partial charge in [-0.05, 0) is 31.5 Å². The second-order valence-electron chi connectivity index (χ2n) is 5.56. The molecule has 0 radical (unpaired) electrons. The van der Waals surface area contributed by atoms with Crippen LogP contribution in [0.3, 0.4) is 0 Å². The fourth-order valence-corrected chi connectivity index (χ4v) is 2.78. The quantitative estimate of drug-likeness (QED) is 0.742. The largest absolute Gasteiger partial charge is 0.355 e. The molecule has 2 aromatic carbocycles. The molecule has 1 aromatic heterocycles. The van der Waals surface area contributed by atoms with Gasteiger partial charge >= 0.3 is 0 Å². The van der Waals surface area contributed by atoms with Crippen LogP contribution in [0, 0.1) is 6.92 Å². The van der Waals surface area contributed by atoms with E-state index in [4.69, 9.17) is 16.1 Å². The average molecular weight is 341 g/mol. The van der Waals surface area contributed by atoms with Gasteiger partial charge in [0.25, 0.3) is 5.91 Å². The highest BCUT2D eigenvalue weighted by molar-refractivity contribution is 6.33. The van der Waals surface area contributed by atoms with E-state index in [-0.39, 0.29) is 11.9 Å². The van der Waals surface area contributed by atoms with E-state index in [1.807, 2.05) is 49.4 Å². The summed E-state index contributed by atoms with van der Waals surface area (Å²) < 4.78 is 5.38. The Kier molecular flexibility index (Phi) is 4.67. The number of amides is 1. The van der Waals surface area contributed by atoms with Crippen molar-refractivity contribution >= 4 is 17.5 Å². The zero-order valence-corrected chi connectivity index (χ0v) is 14.2. The number of rotatable bonds is 4. The van der Waals surface area contributed by atoms with Gasteiger partial charge in [0.1, 0.15) is 5.56 Å². The molecule has 1 atom stereocenters. The van der Waals surface area contributed by atoms with Crippen LogP contribution in [0.25, 0.3) is 11.3 Å². The van der Waals surface area contributed by atoms with E-state index in [0.29, 0.717) is 27.6 Å². The molecule has 0 saturated heterocycles. The van der Waals surface area contributed by atoms with Gasteiger partial charge in [0.2, 0.25) is 0 Å². The highest BCUT2D eigenvalue weighted by Crippen LogP contribution is 2.32. The minimum atomic E-state index is -0.236. The minimum absolute atomic E-state index is 0.132. The SMILES string of the molecule is Cc1noc(-c2ccccc2Cl)c1C(=O)NC(C)c1ccccc1. The van der Waals surface area contributed by atoms with Gasteiger partial charge in [-0.1, -0.05) is 59.2 Å². The van der Waals surface area contributed by atoms with E-state index in [1.54, 1.807) is 19.1 Å². The topological polar surface area (TPSA) is 55.1 Å². The van der Waals surface area contributed by atoms with Crippen molar-refractivity contribution in [3.63, 3.8) is 0 Å². The van der Waals surface area contributed by atoms with Crippen LogP contribution in [0.2, 0.25) is 5.02 Å². The van der Waals surface area contributed by atoms with E-state index in [0.717, 1.165) is 5.56 Å². The number of carbonyl (C=O) groups is 1. The van der Waals surface area contributed by atoms with E-state index in [1.165, 1.54) is 0 Å². The number of aromatic nitrogens is 1. The number of nitrogens with one attached hydrogen (secondary N) is 1. The molecular formula is C19H17ClN2O2. The van der Waals surface area contributed by atoms with Crippen molar-refractivity contribution in [2.45, 2.75) is 19.9 Å². The van der Waals surface area contributed by atoms with Crippen LogP contribution in [0.4, 0.5) is 0 Å². The Morgan fingerprint density at radius 2 is 1.79 bits per heavy atom. The Hall–Kier alpha value is -2.59. The van der Waals surface area contributed by atoms with Crippen molar-refractivity contribution in [2.24, 2.45) is 0 Å². The zero-order valence-electron chi connectivity index (χ0n) is 13.4. The summed E-state index contributed by atoms with van der Waals surface area (Å²) in [5.74, 6) is 0.149. The number of carbonyl (C=O) groups excluding carboxylic acids is 1. The molecule has 24 heavy (non-hydrogen) atoms. The Morgan fingerprint density at radius 3 is 2.50 bits per heavy atom. The predicted molar refractivity (Wildman–Crippen MR) is 94.0 cm³/mol. The van der Waals surface area contributed by atoms with E-state index in [2.05, 4.69) is 10.5 Å². The Balaban J connectivity index is 1.91. The van der Waals surface area contributed by atoms with Gasteiger partial charge < -0.3 is 9.84 Å². The van der Waals surface area contributed by atoms with Crippen LogP contribution in [-0.4, -0.2) is 11.1 Å². The van der Waals surface area contributed by atoms with Gasteiger partial charge in [-0.25, -0.2) is 0 Å². The summed E-state index contributed by atoms with van der Waals surface area (Å²) in [6.45, 7) is 3.68. The first-order chi connectivity index (χ1) is 11.6. The summed E-state index contributed by atoms with van der Waals surface area (Å²) in [7, 11) is 0. The Bertz CT molecular complexity index is 859. The molecule has 4 nitrogen and oxygen atoms in total. The second kappa shape index (κ2) is 6.89. The van der Waals surface area contributed by atoms with Crippen LogP contribution < -0.4 is 5.32 Å². The lowest BCUT2D eigenvalue weighted by Gasteiger charge is -2.14. The number of nitrogens with zero attached hydrogens (tertiary/aromatic N) is 1. The molecule has 122 valence electrons. The van der Waals surface area contributed by atoms with Crippen LogP contribution in [0.1, 0.15) is 34.6 Å². The number of halogens is 1. The summed E-state index contributed by atoms with van der Waals surface area (Å²) in [5.41, 5.74) is 2.62. The molecule has 5 heteroatoms. The monoisotopic (exact) mass is 340 g/mol. The molecule has 0 fully saturated rings. The highest BCUT2D eigenvalue weighted by Gasteiger charge is 2.24. The maximum absolute atomic E-state index is 12.8. The molecule has 1 unspecified atom stereocenters. The predicted octanol–water partition coefficient (Wildman–Crippen LogP) is 4.79. The number of hydrogen-bond acceptors (Lipinski definition) is 3. The van der Waals surface area contributed by atoms with Crippen molar-refractivity contribution in [3.05, 3.63) is 76.4 Å². The molecule has 3 aromatic rings. The summed E-state index contributed by atoms with van der Waals surface area (Å²) in [6, 6.07) is 16.9. The van der Waals surface area contributed by atoms with Gasteiger partial charge in [-0.3, -0.25) is 4.79 Å². The van der Waals surface area contributed by atoms with Crippen LogP contribution in [-0.2, 0) is 0 Å². The van der Waals surface area contributed by atoms with Crippen molar-refractivity contribution in [1.29, 1.82) is 0 Å². The number of hydrogen-bond donors (Lipinski definition) is 1. The lowest BCUT2D eigenvalue weighted by Crippen LogP contribution is -2.27. The summed E-state index contributed by atoms with van der Waals surface area (Å²) in [5, 5.41) is 7.44. The molecule has 1 N–H and O–H groups in total.